The van der Waals surface area contributed by atoms with E-state index in [4.69, 9.17) is 0 Å². The highest BCUT2D eigenvalue weighted by Gasteiger charge is 2.29. The molecule has 1 saturated heterocycles. The Morgan fingerprint density at radius 3 is 2.69 bits per heavy atom. The van der Waals surface area contributed by atoms with Gasteiger partial charge in [0.15, 0.2) is 0 Å². The maximum Gasteiger partial charge on any atom is 0.262 e. The van der Waals surface area contributed by atoms with Crippen LogP contribution in [0, 0.1) is 5.92 Å². The largest absolute Gasteiger partial charge is 0.336 e. The average molecular weight is 374 g/mol. The molecule has 4 rings (SSSR count). The second-order valence-electron chi connectivity index (χ2n) is 8.14. The van der Waals surface area contributed by atoms with Gasteiger partial charge in [-0.2, -0.15) is 0 Å². The lowest BCUT2D eigenvalue weighted by atomic mass is 9.89. The summed E-state index contributed by atoms with van der Waals surface area (Å²) in [5.74, 6) is 0.701. The van der Waals surface area contributed by atoms with Crippen molar-refractivity contribution in [2.45, 2.75) is 77.9 Å². The first-order valence-corrected chi connectivity index (χ1v) is 10.6. The molecular formula is C20H27N3O2S. The van der Waals surface area contributed by atoms with Crippen molar-refractivity contribution < 1.29 is 4.79 Å². The lowest BCUT2D eigenvalue weighted by Crippen LogP contribution is -2.49. The van der Waals surface area contributed by atoms with Crippen LogP contribution in [0.15, 0.2) is 11.1 Å². The standard InChI is InChI=1S/C20H27N3O2S/c1-12-7-8-15-16(9-12)26-19-18(15)20(25)22(11-21-19)10-17(24)23-13(2)5-4-6-14(23)3/h11-14H,4-10H2,1-3H3/t12-,13+,14+/m1/s1. The van der Waals surface area contributed by atoms with Crippen LogP contribution < -0.4 is 5.56 Å². The molecule has 1 aliphatic heterocycles. The Balaban J connectivity index is 1.66. The monoisotopic (exact) mass is 373 g/mol. The lowest BCUT2D eigenvalue weighted by Gasteiger charge is -2.39. The van der Waals surface area contributed by atoms with E-state index >= 15 is 0 Å². The molecule has 1 fully saturated rings. The number of hydrogen-bond donors (Lipinski definition) is 0. The molecule has 0 aromatic carbocycles. The summed E-state index contributed by atoms with van der Waals surface area (Å²) in [6.45, 7) is 6.57. The van der Waals surface area contributed by atoms with Crippen LogP contribution in [0.3, 0.4) is 0 Å². The maximum absolute atomic E-state index is 13.1. The fourth-order valence-corrected chi connectivity index (χ4v) is 5.96. The molecule has 5 nitrogen and oxygen atoms in total. The summed E-state index contributed by atoms with van der Waals surface area (Å²) in [6, 6.07) is 0.489. The molecule has 3 atom stereocenters. The molecule has 26 heavy (non-hydrogen) atoms. The highest BCUT2D eigenvalue weighted by atomic mass is 32.1. The Morgan fingerprint density at radius 2 is 1.96 bits per heavy atom. The number of nitrogens with zero attached hydrogens (tertiary/aromatic N) is 3. The Bertz CT molecular complexity index is 890. The number of aryl methyl sites for hydroxylation is 1. The van der Waals surface area contributed by atoms with Gasteiger partial charge in [-0.05, 0) is 63.9 Å². The Labute approximate surface area is 158 Å². The van der Waals surface area contributed by atoms with Crippen molar-refractivity contribution in [3.63, 3.8) is 0 Å². The van der Waals surface area contributed by atoms with Crippen molar-refractivity contribution in [2.75, 3.05) is 0 Å². The van der Waals surface area contributed by atoms with Gasteiger partial charge >= 0.3 is 0 Å². The quantitative estimate of drug-likeness (QED) is 0.811. The first-order valence-electron chi connectivity index (χ1n) is 9.76. The van der Waals surface area contributed by atoms with E-state index in [1.807, 2.05) is 4.90 Å². The van der Waals surface area contributed by atoms with Crippen LogP contribution in [0.5, 0.6) is 0 Å². The number of aromatic nitrogens is 2. The van der Waals surface area contributed by atoms with Crippen LogP contribution in [-0.4, -0.2) is 32.4 Å². The molecule has 0 bridgehead atoms. The molecule has 0 saturated carbocycles. The zero-order chi connectivity index (χ0) is 18.4. The van der Waals surface area contributed by atoms with Crippen LogP contribution in [0.2, 0.25) is 0 Å². The van der Waals surface area contributed by atoms with Crippen molar-refractivity contribution in [2.24, 2.45) is 5.92 Å². The van der Waals surface area contributed by atoms with Gasteiger partial charge in [-0.25, -0.2) is 4.98 Å². The number of carbonyl (C=O) groups is 1. The Morgan fingerprint density at radius 1 is 1.23 bits per heavy atom. The Kier molecular flexibility index (Phi) is 4.63. The van der Waals surface area contributed by atoms with Crippen LogP contribution >= 0.6 is 11.3 Å². The van der Waals surface area contributed by atoms with Crippen molar-refractivity contribution in [1.82, 2.24) is 14.5 Å². The number of amides is 1. The van der Waals surface area contributed by atoms with E-state index < -0.39 is 0 Å². The van der Waals surface area contributed by atoms with Gasteiger partial charge in [-0.15, -0.1) is 11.3 Å². The zero-order valence-corrected chi connectivity index (χ0v) is 16.6. The molecule has 0 unspecified atom stereocenters. The third-order valence-corrected chi connectivity index (χ3v) is 7.23. The number of piperidine rings is 1. The fraction of sp³-hybridized carbons (Fsp3) is 0.650. The first kappa shape index (κ1) is 17.7. The SMILES string of the molecule is C[C@@H]1CCc2c(sc3ncn(CC(=O)N4[C@@H](C)CCC[C@@H]4C)c(=O)c23)C1. The van der Waals surface area contributed by atoms with Gasteiger partial charge in [0.2, 0.25) is 5.91 Å². The third kappa shape index (κ3) is 2.98. The topological polar surface area (TPSA) is 55.2 Å². The van der Waals surface area contributed by atoms with Crippen LogP contribution in [-0.2, 0) is 24.2 Å². The van der Waals surface area contributed by atoms with Crippen LogP contribution in [0.4, 0.5) is 0 Å². The van der Waals surface area contributed by atoms with E-state index in [0.29, 0.717) is 5.92 Å². The predicted molar refractivity (Wildman–Crippen MR) is 105 cm³/mol. The molecule has 6 heteroatoms. The molecule has 1 aliphatic carbocycles. The number of likely N-dealkylation sites (tertiary alicyclic amines) is 1. The average Bonchev–Trinajstić information content (AvgIpc) is 2.95. The first-order chi connectivity index (χ1) is 12.5. The summed E-state index contributed by atoms with van der Waals surface area (Å²) in [5, 5.41) is 0.756. The van der Waals surface area contributed by atoms with Gasteiger partial charge in [0.05, 0.1) is 11.7 Å². The number of rotatable bonds is 2. The van der Waals surface area contributed by atoms with Crippen molar-refractivity contribution >= 4 is 27.5 Å². The van der Waals surface area contributed by atoms with Gasteiger partial charge < -0.3 is 4.90 Å². The molecule has 2 aromatic heterocycles. The minimum atomic E-state index is -0.0484. The van der Waals surface area contributed by atoms with Gasteiger partial charge in [0, 0.05) is 17.0 Å². The zero-order valence-electron chi connectivity index (χ0n) is 15.8. The summed E-state index contributed by atoms with van der Waals surface area (Å²) in [7, 11) is 0. The lowest BCUT2D eigenvalue weighted by molar-refractivity contribution is -0.138. The normalized spacial score (nSPS) is 26.1. The van der Waals surface area contributed by atoms with E-state index in [1.54, 1.807) is 17.7 Å². The summed E-state index contributed by atoms with van der Waals surface area (Å²) >= 11 is 1.65. The number of hydrogen-bond acceptors (Lipinski definition) is 4. The van der Waals surface area contributed by atoms with E-state index in [-0.39, 0.29) is 30.1 Å². The fourth-order valence-electron chi connectivity index (χ4n) is 4.62. The van der Waals surface area contributed by atoms with E-state index in [0.717, 1.165) is 42.3 Å². The number of fused-ring (bicyclic) bond motifs is 3. The van der Waals surface area contributed by atoms with Gasteiger partial charge in [-0.1, -0.05) is 6.92 Å². The predicted octanol–water partition coefficient (Wildman–Crippen LogP) is 3.37. The van der Waals surface area contributed by atoms with Crippen molar-refractivity contribution in [3.05, 3.63) is 27.1 Å². The Hall–Kier alpha value is -1.69. The third-order valence-electron chi connectivity index (χ3n) is 6.07. The smallest absolute Gasteiger partial charge is 0.262 e. The highest BCUT2D eigenvalue weighted by Crippen LogP contribution is 2.35. The summed E-state index contributed by atoms with van der Waals surface area (Å²) in [6.07, 6.45) is 7.92. The number of thiophene rings is 1. The van der Waals surface area contributed by atoms with Gasteiger partial charge in [0.25, 0.3) is 5.56 Å². The summed E-state index contributed by atoms with van der Waals surface area (Å²) in [4.78, 5) is 34.6. The minimum Gasteiger partial charge on any atom is -0.336 e. The van der Waals surface area contributed by atoms with E-state index in [9.17, 15) is 9.59 Å². The van der Waals surface area contributed by atoms with Crippen molar-refractivity contribution in [1.29, 1.82) is 0 Å². The van der Waals surface area contributed by atoms with Crippen LogP contribution in [0.25, 0.3) is 10.2 Å². The molecule has 0 N–H and O–H groups in total. The highest BCUT2D eigenvalue weighted by molar-refractivity contribution is 7.18. The minimum absolute atomic E-state index is 0.0330. The maximum atomic E-state index is 13.1. The van der Waals surface area contributed by atoms with Gasteiger partial charge in [-0.3, -0.25) is 14.2 Å². The summed E-state index contributed by atoms with van der Waals surface area (Å²) in [5.41, 5.74) is 1.13. The van der Waals surface area contributed by atoms with E-state index in [2.05, 4.69) is 25.8 Å². The molecule has 140 valence electrons. The molecule has 3 heterocycles. The molecule has 2 aliphatic rings. The van der Waals surface area contributed by atoms with Crippen LogP contribution in [0.1, 0.15) is 56.9 Å². The van der Waals surface area contributed by atoms with E-state index in [1.165, 1.54) is 21.4 Å². The molecule has 1 amide bonds. The van der Waals surface area contributed by atoms with Crippen molar-refractivity contribution in [3.8, 4) is 0 Å². The molecule has 0 radical (unpaired) electrons. The molecular weight excluding hydrogens is 346 g/mol. The second-order valence-corrected chi connectivity index (χ2v) is 9.22. The molecule has 2 aromatic rings. The molecule has 0 spiro atoms. The number of carbonyl (C=O) groups excluding carboxylic acids is 1. The summed E-state index contributed by atoms with van der Waals surface area (Å²) < 4.78 is 1.52. The van der Waals surface area contributed by atoms with Gasteiger partial charge in [0.1, 0.15) is 11.4 Å². The second kappa shape index (κ2) is 6.80.